The van der Waals surface area contributed by atoms with Crippen LogP contribution in [0.5, 0.6) is 0 Å². The van der Waals surface area contributed by atoms with Crippen LogP contribution in [0.2, 0.25) is 0 Å². The van der Waals surface area contributed by atoms with Gasteiger partial charge < -0.3 is 16.0 Å². The van der Waals surface area contributed by atoms with Crippen LogP contribution in [0.25, 0.3) is 5.57 Å². The zero-order valence-corrected chi connectivity index (χ0v) is 15.4. The van der Waals surface area contributed by atoms with Crippen molar-refractivity contribution in [1.29, 1.82) is 0 Å². The molecule has 0 saturated heterocycles. The predicted molar refractivity (Wildman–Crippen MR) is 109 cm³/mol. The topological polar surface area (TPSA) is 66.1 Å². The summed E-state index contributed by atoms with van der Waals surface area (Å²) in [5, 5.41) is 8.60. The SMILES string of the molecule is O=C1Nc2cc(F)ccc2C1=CNc1ccc(NCCc2cccnc2)c(F)c1. The first-order chi connectivity index (χ1) is 14.1. The van der Waals surface area contributed by atoms with Crippen molar-refractivity contribution in [2.24, 2.45) is 0 Å². The van der Waals surface area contributed by atoms with E-state index < -0.39 is 11.6 Å². The maximum absolute atomic E-state index is 14.4. The molecule has 0 saturated carbocycles. The molecule has 1 aromatic heterocycles. The molecule has 1 amide bonds. The Labute approximate surface area is 166 Å². The van der Waals surface area contributed by atoms with E-state index in [0.29, 0.717) is 34.7 Å². The van der Waals surface area contributed by atoms with Crippen molar-refractivity contribution in [1.82, 2.24) is 4.98 Å². The van der Waals surface area contributed by atoms with Gasteiger partial charge in [-0.05, 0) is 54.4 Å². The maximum Gasteiger partial charge on any atom is 0.257 e. The minimum atomic E-state index is -0.424. The van der Waals surface area contributed by atoms with E-state index in [1.165, 1.54) is 30.5 Å². The molecular weight excluding hydrogens is 374 g/mol. The molecule has 0 atom stereocenters. The summed E-state index contributed by atoms with van der Waals surface area (Å²) >= 11 is 0. The van der Waals surface area contributed by atoms with Crippen molar-refractivity contribution in [3.63, 3.8) is 0 Å². The standard InChI is InChI=1S/C22H18F2N4O/c23-15-3-5-17-18(22(29)28-21(17)10-15)13-27-16-4-6-20(19(24)11-16)26-9-7-14-2-1-8-25-12-14/h1-6,8,10-13,26-27H,7,9H2,(H,28,29). The Morgan fingerprint density at radius 2 is 2.00 bits per heavy atom. The third-order valence-corrected chi connectivity index (χ3v) is 4.57. The molecule has 146 valence electrons. The molecule has 4 rings (SSSR count). The molecule has 3 aromatic rings. The fourth-order valence-electron chi connectivity index (χ4n) is 3.10. The van der Waals surface area contributed by atoms with Gasteiger partial charge in [-0.2, -0.15) is 0 Å². The third-order valence-electron chi connectivity index (χ3n) is 4.57. The van der Waals surface area contributed by atoms with Gasteiger partial charge in [-0.25, -0.2) is 8.78 Å². The van der Waals surface area contributed by atoms with E-state index in [9.17, 15) is 13.6 Å². The highest BCUT2D eigenvalue weighted by atomic mass is 19.1. The van der Waals surface area contributed by atoms with E-state index in [0.717, 1.165) is 12.0 Å². The first-order valence-electron chi connectivity index (χ1n) is 9.10. The van der Waals surface area contributed by atoms with E-state index in [1.54, 1.807) is 24.5 Å². The second-order valence-electron chi connectivity index (χ2n) is 6.58. The largest absolute Gasteiger partial charge is 0.382 e. The maximum atomic E-state index is 14.4. The molecule has 0 radical (unpaired) electrons. The second-order valence-corrected chi connectivity index (χ2v) is 6.58. The van der Waals surface area contributed by atoms with Gasteiger partial charge in [0.15, 0.2) is 0 Å². The molecule has 29 heavy (non-hydrogen) atoms. The average Bonchev–Trinajstić information content (AvgIpc) is 3.02. The van der Waals surface area contributed by atoms with Gasteiger partial charge in [0, 0.05) is 36.4 Å². The molecule has 0 bridgehead atoms. The quantitative estimate of drug-likeness (QED) is 0.544. The number of halogens is 2. The zero-order valence-electron chi connectivity index (χ0n) is 15.4. The van der Waals surface area contributed by atoms with Crippen molar-refractivity contribution in [3.8, 4) is 0 Å². The number of fused-ring (bicyclic) bond motifs is 1. The highest BCUT2D eigenvalue weighted by Gasteiger charge is 2.24. The normalized spacial score (nSPS) is 13.9. The molecule has 3 N–H and O–H groups in total. The summed E-state index contributed by atoms with van der Waals surface area (Å²) in [6, 6.07) is 12.6. The highest BCUT2D eigenvalue weighted by molar-refractivity contribution is 6.31. The molecule has 0 aliphatic carbocycles. The van der Waals surface area contributed by atoms with Crippen LogP contribution in [0, 0.1) is 11.6 Å². The van der Waals surface area contributed by atoms with Crippen LogP contribution in [0.1, 0.15) is 11.1 Å². The smallest absolute Gasteiger partial charge is 0.257 e. The van der Waals surface area contributed by atoms with Crippen molar-refractivity contribution < 1.29 is 13.6 Å². The number of anilines is 3. The molecule has 0 spiro atoms. The van der Waals surface area contributed by atoms with E-state index in [-0.39, 0.29) is 5.91 Å². The monoisotopic (exact) mass is 392 g/mol. The number of rotatable bonds is 6. The molecular formula is C22H18F2N4O. The number of nitrogens with zero attached hydrogens (tertiary/aromatic N) is 1. The fraction of sp³-hybridized carbons (Fsp3) is 0.0909. The first kappa shape index (κ1) is 18.6. The Kier molecular flexibility index (Phi) is 5.20. The van der Waals surface area contributed by atoms with E-state index in [1.807, 2.05) is 12.1 Å². The van der Waals surface area contributed by atoms with Gasteiger partial charge in [-0.3, -0.25) is 9.78 Å². The summed E-state index contributed by atoms with van der Waals surface area (Å²) in [7, 11) is 0. The van der Waals surface area contributed by atoms with Crippen LogP contribution in [0.4, 0.5) is 25.8 Å². The number of aromatic nitrogens is 1. The summed E-state index contributed by atoms with van der Waals surface area (Å²) in [5.74, 6) is -1.17. The van der Waals surface area contributed by atoms with Gasteiger partial charge in [0.25, 0.3) is 5.91 Å². The number of benzene rings is 2. The third kappa shape index (κ3) is 4.24. The van der Waals surface area contributed by atoms with Gasteiger partial charge in [-0.15, -0.1) is 0 Å². The number of carbonyl (C=O) groups excluding carboxylic acids is 1. The molecule has 2 heterocycles. The van der Waals surface area contributed by atoms with Gasteiger partial charge >= 0.3 is 0 Å². The summed E-state index contributed by atoms with van der Waals surface area (Å²) in [5.41, 5.74) is 3.34. The number of nitrogens with one attached hydrogen (secondary N) is 3. The van der Waals surface area contributed by atoms with Crippen molar-refractivity contribution in [3.05, 3.63) is 89.9 Å². The van der Waals surface area contributed by atoms with Crippen molar-refractivity contribution in [2.45, 2.75) is 6.42 Å². The van der Waals surface area contributed by atoms with Crippen molar-refractivity contribution >= 4 is 28.5 Å². The Morgan fingerprint density at radius 1 is 1.10 bits per heavy atom. The number of hydrogen-bond acceptors (Lipinski definition) is 4. The van der Waals surface area contributed by atoms with Gasteiger partial charge in [0.1, 0.15) is 11.6 Å². The Morgan fingerprint density at radius 3 is 2.79 bits per heavy atom. The second kappa shape index (κ2) is 8.10. The van der Waals surface area contributed by atoms with Crippen LogP contribution < -0.4 is 16.0 Å². The number of carbonyl (C=O) groups is 1. The molecule has 0 fully saturated rings. The number of amides is 1. The molecule has 2 aromatic carbocycles. The average molecular weight is 392 g/mol. The van der Waals surface area contributed by atoms with E-state index in [4.69, 9.17) is 0 Å². The summed E-state index contributed by atoms with van der Waals surface area (Å²) < 4.78 is 27.7. The predicted octanol–water partition coefficient (Wildman–Crippen LogP) is 4.42. The number of hydrogen-bond donors (Lipinski definition) is 3. The van der Waals surface area contributed by atoms with Crippen LogP contribution in [0.3, 0.4) is 0 Å². The fourth-order valence-corrected chi connectivity index (χ4v) is 3.10. The van der Waals surface area contributed by atoms with Crippen LogP contribution in [-0.4, -0.2) is 17.4 Å². The molecule has 0 unspecified atom stereocenters. The molecule has 7 heteroatoms. The van der Waals surface area contributed by atoms with Crippen molar-refractivity contribution in [2.75, 3.05) is 22.5 Å². The Balaban J connectivity index is 1.41. The lowest BCUT2D eigenvalue weighted by Crippen LogP contribution is -2.07. The minimum Gasteiger partial charge on any atom is -0.382 e. The lowest BCUT2D eigenvalue weighted by Gasteiger charge is -2.09. The van der Waals surface area contributed by atoms with E-state index >= 15 is 0 Å². The summed E-state index contributed by atoms with van der Waals surface area (Å²) in [4.78, 5) is 16.1. The summed E-state index contributed by atoms with van der Waals surface area (Å²) in [6.45, 7) is 0.576. The van der Waals surface area contributed by atoms with Gasteiger partial charge in [0.05, 0.1) is 16.9 Å². The summed E-state index contributed by atoms with van der Waals surface area (Å²) in [6.07, 6.45) is 5.71. The van der Waals surface area contributed by atoms with E-state index in [2.05, 4.69) is 20.9 Å². The molecule has 1 aliphatic rings. The Hall–Kier alpha value is -3.74. The van der Waals surface area contributed by atoms with Crippen LogP contribution >= 0.6 is 0 Å². The minimum absolute atomic E-state index is 0.340. The van der Waals surface area contributed by atoms with Gasteiger partial charge in [-0.1, -0.05) is 6.07 Å². The lowest BCUT2D eigenvalue weighted by atomic mass is 10.1. The van der Waals surface area contributed by atoms with Crippen LogP contribution in [-0.2, 0) is 11.2 Å². The molecule has 5 nitrogen and oxygen atoms in total. The number of pyridine rings is 1. The zero-order chi connectivity index (χ0) is 20.2. The molecule has 1 aliphatic heterocycles. The Bertz CT molecular complexity index is 1080. The van der Waals surface area contributed by atoms with Crippen LogP contribution in [0.15, 0.2) is 67.1 Å². The first-order valence-corrected chi connectivity index (χ1v) is 9.10. The lowest BCUT2D eigenvalue weighted by molar-refractivity contribution is -0.110. The van der Waals surface area contributed by atoms with Gasteiger partial charge in [0.2, 0.25) is 0 Å². The highest BCUT2D eigenvalue weighted by Crippen LogP contribution is 2.32.